The first kappa shape index (κ1) is 19.3. The fourth-order valence-corrected chi connectivity index (χ4v) is 2.30. The standard InChI is InChI=1S/C17H25ClN2O3/c1-4-5-6-11-20(12-13(2)16(21)23-3)17(22)19-15-9-7-14(18)8-10-15/h7-10,13H,4-6,11-12H2,1-3H3,(H,19,22). The van der Waals surface area contributed by atoms with Crippen LogP contribution in [0.25, 0.3) is 0 Å². The van der Waals surface area contributed by atoms with E-state index in [1.54, 1.807) is 36.1 Å². The van der Waals surface area contributed by atoms with Gasteiger partial charge in [0, 0.05) is 23.8 Å². The summed E-state index contributed by atoms with van der Waals surface area (Å²) in [6.45, 7) is 4.80. The summed E-state index contributed by atoms with van der Waals surface area (Å²) >= 11 is 5.84. The average molecular weight is 341 g/mol. The average Bonchev–Trinajstić information content (AvgIpc) is 2.55. The van der Waals surface area contributed by atoms with Gasteiger partial charge in [0.25, 0.3) is 0 Å². The maximum atomic E-state index is 12.5. The number of benzene rings is 1. The van der Waals surface area contributed by atoms with Crippen molar-refractivity contribution in [3.05, 3.63) is 29.3 Å². The molecular formula is C17H25ClN2O3. The van der Waals surface area contributed by atoms with Crippen molar-refractivity contribution in [2.24, 2.45) is 5.92 Å². The number of ether oxygens (including phenoxy) is 1. The maximum absolute atomic E-state index is 12.5. The number of unbranched alkanes of at least 4 members (excludes halogenated alkanes) is 2. The van der Waals surface area contributed by atoms with Crippen LogP contribution in [0.3, 0.4) is 0 Å². The summed E-state index contributed by atoms with van der Waals surface area (Å²) in [7, 11) is 1.36. The Morgan fingerprint density at radius 3 is 2.48 bits per heavy atom. The topological polar surface area (TPSA) is 58.6 Å². The summed E-state index contributed by atoms with van der Waals surface area (Å²) in [6.07, 6.45) is 3.01. The molecule has 0 aliphatic carbocycles. The van der Waals surface area contributed by atoms with Crippen LogP contribution in [0.5, 0.6) is 0 Å². The van der Waals surface area contributed by atoms with Crippen molar-refractivity contribution in [2.45, 2.75) is 33.1 Å². The molecular weight excluding hydrogens is 316 g/mol. The number of carbonyl (C=O) groups excluding carboxylic acids is 2. The Hall–Kier alpha value is -1.75. The highest BCUT2D eigenvalue weighted by atomic mass is 35.5. The first-order valence-corrected chi connectivity index (χ1v) is 8.25. The first-order chi connectivity index (χ1) is 11.0. The summed E-state index contributed by atoms with van der Waals surface area (Å²) in [5, 5.41) is 3.45. The van der Waals surface area contributed by atoms with Crippen LogP contribution in [-0.2, 0) is 9.53 Å². The Bertz CT molecular complexity index is 505. The number of anilines is 1. The van der Waals surface area contributed by atoms with Gasteiger partial charge in [-0.15, -0.1) is 0 Å². The van der Waals surface area contributed by atoms with Gasteiger partial charge < -0.3 is 15.0 Å². The molecule has 0 aliphatic rings. The monoisotopic (exact) mass is 340 g/mol. The maximum Gasteiger partial charge on any atom is 0.321 e. The number of amides is 2. The van der Waals surface area contributed by atoms with Crippen molar-refractivity contribution in [1.82, 2.24) is 4.90 Å². The van der Waals surface area contributed by atoms with Crippen LogP contribution >= 0.6 is 11.6 Å². The predicted octanol–water partition coefficient (Wildman–Crippen LogP) is 4.17. The molecule has 0 aromatic heterocycles. The Morgan fingerprint density at radius 1 is 1.26 bits per heavy atom. The second kappa shape index (κ2) is 10.1. The number of methoxy groups -OCH3 is 1. The second-order valence-electron chi connectivity index (χ2n) is 5.51. The van der Waals surface area contributed by atoms with Gasteiger partial charge in [-0.1, -0.05) is 38.3 Å². The highest BCUT2D eigenvalue weighted by molar-refractivity contribution is 6.30. The number of esters is 1. The van der Waals surface area contributed by atoms with Crippen molar-refractivity contribution in [2.75, 3.05) is 25.5 Å². The fraction of sp³-hybridized carbons (Fsp3) is 0.529. The number of halogens is 1. The molecule has 0 bridgehead atoms. The number of hydrogen-bond acceptors (Lipinski definition) is 3. The normalized spacial score (nSPS) is 11.7. The van der Waals surface area contributed by atoms with Gasteiger partial charge in [-0.2, -0.15) is 0 Å². The van der Waals surface area contributed by atoms with Gasteiger partial charge in [-0.05, 0) is 30.7 Å². The highest BCUT2D eigenvalue weighted by Gasteiger charge is 2.21. The van der Waals surface area contributed by atoms with E-state index in [-0.39, 0.29) is 17.9 Å². The zero-order chi connectivity index (χ0) is 17.2. The number of carbonyl (C=O) groups is 2. The zero-order valence-electron chi connectivity index (χ0n) is 14.0. The van der Waals surface area contributed by atoms with Crippen LogP contribution in [0.15, 0.2) is 24.3 Å². The minimum atomic E-state index is -0.363. The lowest BCUT2D eigenvalue weighted by atomic mass is 10.1. The van der Waals surface area contributed by atoms with Crippen molar-refractivity contribution in [3.8, 4) is 0 Å². The molecule has 0 fully saturated rings. The van der Waals surface area contributed by atoms with E-state index in [0.717, 1.165) is 19.3 Å². The van der Waals surface area contributed by atoms with Crippen LogP contribution in [-0.4, -0.2) is 37.1 Å². The zero-order valence-corrected chi connectivity index (χ0v) is 14.7. The van der Waals surface area contributed by atoms with E-state index in [4.69, 9.17) is 16.3 Å². The van der Waals surface area contributed by atoms with Gasteiger partial charge in [-0.25, -0.2) is 4.79 Å². The van der Waals surface area contributed by atoms with Crippen molar-refractivity contribution in [3.63, 3.8) is 0 Å². The summed E-state index contributed by atoms with van der Waals surface area (Å²) in [4.78, 5) is 25.7. The number of nitrogens with one attached hydrogen (secondary N) is 1. The lowest BCUT2D eigenvalue weighted by molar-refractivity contribution is -0.145. The SMILES string of the molecule is CCCCCN(CC(C)C(=O)OC)C(=O)Nc1ccc(Cl)cc1. The predicted molar refractivity (Wildman–Crippen MR) is 92.7 cm³/mol. The Labute approximate surface area is 142 Å². The van der Waals surface area contributed by atoms with Gasteiger partial charge >= 0.3 is 12.0 Å². The van der Waals surface area contributed by atoms with Gasteiger partial charge in [-0.3, -0.25) is 4.79 Å². The van der Waals surface area contributed by atoms with E-state index in [9.17, 15) is 9.59 Å². The number of urea groups is 1. The first-order valence-electron chi connectivity index (χ1n) is 7.87. The molecule has 0 heterocycles. The Balaban J connectivity index is 2.70. The molecule has 1 N–H and O–H groups in total. The van der Waals surface area contributed by atoms with Gasteiger partial charge in [0.05, 0.1) is 13.0 Å². The highest BCUT2D eigenvalue weighted by Crippen LogP contribution is 2.15. The number of hydrogen-bond donors (Lipinski definition) is 1. The van der Waals surface area contributed by atoms with Crippen LogP contribution in [0, 0.1) is 5.92 Å². The molecule has 1 rings (SSSR count). The molecule has 1 aromatic rings. The van der Waals surface area contributed by atoms with Crippen LogP contribution in [0.1, 0.15) is 33.1 Å². The largest absolute Gasteiger partial charge is 0.469 e. The molecule has 1 aromatic carbocycles. The van der Waals surface area contributed by atoms with E-state index in [1.165, 1.54) is 7.11 Å². The molecule has 0 radical (unpaired) electrons. The van der Waals surface area contributed by atoms with Gasteiger partial charge in [0.2, 0.25) is 0 Å². The van der Waals surface area contributed by atoms with E-state index in [2.05, 4.69) is 12.2 Å². The Kier molecular flexibility index (Phi) is 8.48. The van der Waals surface area contributed by atoms with E-state index >= 15 is 0 Å². The van der Waals surface area contributed by atoms with Gasteiger partial charge in [0.1, 0.15) is 0 Å². The fourth-order valence-electron chi connectivity index (χ4n) is 2.17. The quantitative estimate of drug-likeness (QED) is 0.570. The van der Waals surface area contributed by atoms with Crippen molar-refractivity contribution >= 4 is 29.3 Å². The third-order valence-corrected chi connectivity index (χ3v) is 3.76. The molecule has 2 amide bonds. The molecule has 0 saturated carbocycles. The Morgan fingerprint density at radius 2 is 1.91 bits per heavy atom. The van der Waals surface area contributed by atoms with E-state index in [1.807, 2.05) is 0 Å². The van der Waals surface area contributed by atoms with Crippen LogP contribution in [0.2, 0.25) is 5.02 Å². The van der Waals surface area contributed by atoms with Gasteiger partial charge in [0.15, 0.2) is 0 Å². The third kappa shape index (κ3) is 6.91. The van der Waals surface area contributed by atoms with E-state index in [0.29, 0.717) is 23.8 Å². The molecule has 1 unspecified atom stereocenters. The molecule has 1 atom stereocenters. The summed E-state index contributed by atoms with van der Waals surface area (Å²) in [5.74, 6) is -0.678. The summed E-state index contributed by atoms with van der Waals surface area (Å²) in [5.41, 5.74) is 0.672. The molecule has 0 saturated heterocycles. The second-order valence-corrected chi connectivity index (χ2v) is 5.95. The van der Waals surface area contributed by atoms with E-state index < -0.39 is 0 Å². The summed E-state index contributed by atoms with van der Waals surface area (Å²) in [6, 6.07) is 6.70. The molecule has 128 valence electrons. The van der Waals surface area contributed by atoms with Crippen molar-refractivity contribution in [1.29, 1.82) is 0 Å². The lowest BCUT2D eigenvalue weighted by Crippen LogP contribution is -2.40. The molecule has 0 aliphatic heterocycles. The smallest absolute Gasteiger partial charge is 0.321 e. The van der Waals surface area contributed by atoms with Crippen LogP contribution < -0.4 is 5.32 Å². The molecule has 6 heteroatoms. The summed E-state index contributed by atoms with van der Waals surface area (Å²) < 4.78 is 4.74. The molecule has 0 spiro atoms. The minimum Gasteiger partial charge on any atom is -0.469 e. The third-order valence-electron chi connectivity index (χ3n) is 3.51. The molecule has 23 heavy (non-hydrogen) atoms. The molecule has 5 nitrogen and oxygen atoms in total. The minimum absolute atomic E-state index is 0.223. The van der Waals surface area contributed by atoms with Crippen molar-refractivity contribution < 1.29 is 14.3 Å². The number of nitrogens with zero attached hydrogens (tertiary/aromatic N) is 1. The number of rotatable bonds is 8. The lowest BCUT2D eigenvalue weighted by Gasteiger charge is -2.25. The van der Waals surface area contributed by atoms with Crippen LogP contribution in [0.4, 0.5) is 10.5 Å².